The summed E-state index contributed by atoms with van der Waals surface area (Å²) in [4.78, 5) is 11.4. The first-order chi connectivity index (χ1) is 8.67. The smallest absolute Gasteiger partial charge is 0.136 e. The van der Waals surface area contributed by atoms with Gasteiger partial charge in [-0.3, -0.25) is 4.79 Å². The van der Waals surface area contributed by atoms with Crippen molar-refractivity contribution in [2.75, 3.05) is 0 Å². The van der Waals surface area contributed by atoms with Gasteiger partial charge in [-0.25, -0.2) is 0 Å². The predicted octanol–water partition coefficient (Wildman–Crippen LogP) is 4.16. The van der Waals surface area contributed by atoms with Gasteiger partial charge in [-0.2, -0.15) is 0 Å². The molecule has 0 saturated carbocycles. The van der Waals surface area contributed by atoms with Crippen LogP contribution < -0.4 is 0 Å². The Balaban J connectivity index is 1.90. The largest absolute Gasteiger partial charge is 0.299 e. The SMILES string of the molecule is CCC(=O)CC1=CC=C(Cc2cccc(C)c2)C1. The molecule has 0 atom stereocenters. The number of allylic oxidation sites excluding steroid dienone is 4. The first kappa shape index (κ1) is 12.8. The number of rotatable bonds is 5. The molecule has 0 bridgehead atoms. The quantitative estimate of drug-likeness (QED) is 0.755. The number of carbonyl (C=O) groups is 1. The van der Waals surface area contributed by atoms with Crippen LogP contribution in [0.3, 0.4) is 0 Å². The number of hydrogen-bond acceptors (Lipinski definition) is 1. The molecule has 1 aliphatic rings. The van der Waals surface area contributed by atoms with Crippen molar-refractivity contribution in [3.8, 4) is 0 Å². The summed E-state index contributed by atoms with van der Waals surface area (Å²) in [5, 5.41) is 0. The fraction of sp³-hybridized carbons (Fsp3) is 0.353. The molecule has 1 nitrogen and oxygen atoms in total. The van der Waals surface area contributed by atoms with E-state index in [-0.39, 0.29) is 0 Å². The van der Waals surface area contributed by atoms with E-state index in [0.29, 0.717) is 18.6 Å². The van der Waals surface area contributed by atoms with Gasteiger partial charge in [0, 0.05) is 12.8 Å². The van der Waals surface area contributed by atoms with E-state index in [4.69, 9.17) is 0 Å². The number of hydrogen-bond donors (Lipinski definition) is 0. The summed E-state index contributed by atoms with van der Waals surface area (Å²) < 4.78 is 0. The Morgan fingerprint density at radius 1 is 1.22 bits per heavy atom. The van der Waals surface area contributed by atoms with Gasteiger partial charge in [0.25, 0.3) is 0 Å². The maximum Gasteiger partial charge on any atom is 0.136 e. The first-order valence-electron chi connectivity index (χ1n) is 6.62. The Morgan fingerprint density at radius 3 is 2.72 bits per heavy atom. The highest BCUT2D eigenvalue weighted by atomic mass is 16.1. The van der Waals surface area contributed by atoms with Crippen molar-refractivity contribution in [2.45, 2.75) is 39.5 Å². The standard InChI is InChI=1S/C17H20O/c1-3-17(18)12-16-8-7-15(11-16)10-14-6-4-5-13(2)9-14/h4-9H,3,10-12H2,1-2H3. The normalized spacial score (nSPS) is 14.3. The van der Waals surface area contributed by atoms with Gasteiger partial charge in [0.1, 0.15) is 5.78 Å². The first-order valence-corrected chi connectivity index (χ1v) is 6.62. The Hall–Kier alpha value is -1.63. The molecule has 0 unspecified atom stereocenters. The van der Waals surface area contributed by atoms with Gasteiger partial charge in [0.15, 0.2) is 0 Å². The lowest BCUT2D eigenvalue weighted by molar-refractivity contribution is -0.118. The Labute approximate surface area is 109 Å². The maximum absolute atomic E-state index is 11.4. The molecule has 18 heavy (non-hydrogen) atoms. The summed E-state index contributed by atoms with van der Waals surface area (Å²) in [5.41, 5.74) is 5.35. The average molecular weight is 240 g/mol. The molecule has 0 amide bonds. The molecular formula is C17H20O. The van der Waals surface area contributed by atoms with Crippen molar-refractivity contribution in [2.24, 2.45) is 0 Å². The lowest BCUT2D eigenvalue weighted by Crippen LogP contribution is -1.97. The zero-order valence-corrected chi connectivity index (χ0v) is 11.2. The van der Waals surface area contributed by atoms with Crippen LogP contribution in [0.5, 0.6) is 0 Å². The fourth-order valence-electron chi connectivity index (χ4n) is 2.35. The molecular weight excluding hydrogens is 220 g/mol. The van der Waals surface area contributed by atoms with Gasteiger partial charge in [-0.1, -0.05) is 60.1 Å². The minimum atomic E-state index is 0.339. The van der Waals surface area contributed by atoms with Crippen LogP contribution in [0, 0.1) is 6.92 Å². The third-order valence-corrected chi connectivity index (χ3v) is 3.34. The second-order valence-corrected chi connectivity index (χ2v) is 5.06. The molecule has 1 aromatic carbocycles. The lowest BCUT2D eigenvalue weighted by atomic mass is 9.99. The van der Waals surface area contributed by atoms with E-state index in [2.05, 4.69) is 43.3 Å². The Bertz CT molecular complexity index is 506. The van der Waals surface area contributed by atoms with E-state index < -0.39 is 0 Å². The Kier molecular flexibility index (Phi) is 4.14. The number of aryl methyl sites for hydroxylation is 1. The third kappa shape index (κ3) is 3.43. The average Bonchev–Trinajstić information content (AvgIpc) is 2.76. The van der Waals surface area contributed by atoms with Crippen LogP contribution in [0.4, 0.5) is 0 Å². The highest BCUT2D eigenvalue weighted by Gasteiger charge is 2.11. The number of carbonyl (C=O) groups excluding carboxylic acids is 1. The van der Waals surface area contributed by atoms with Crippen LogP contribution in [0.15, 0.2) is 47.6 Å². The van der Waals surface area contributed by atoms with Gasteiger partial charge >= 0.3 is 0 Å². The summed E-state index contributed by atoms with van der Waals surface area (Å²) in [6, 6.07) is 8.63. The van der Waals surface area contributed by atoms with E-state index >= 15 is 0 Å². The van der Waals surface area contributed by atoms with Gasteiger partial charge in [-0.15, -0.1) is 0 Å². The number of Topliss-reactive ketones (excluding diaryl/α,β-unsaturated/α-hetero) is 1. The molecule has 0 aromatic heterocycles. The zero-order valence-electron chi connectivity index (χ0n) is 11.2. The minimum absolute atomic E-state index is 0.339. The van der Waals surface area contributed by atoms with E-state index in [0.717, 1.165) is 12.8 Å². The van der Waals surface area contributed by atoms with Crippen LogP contribution in [0.2, 0.25) is 0 Å². The van der Waals surface area contributed by atoms with Crippen molar-refractivity contribution in [3.63, 3.8) is 0 Å². The molecule has 1 aromatic rings. The molecule has 0 spiro atoms. The predicted molar refractivity (Wildman–Crippen MR) is 75.6 cm³/mol. The van der Waals surface area contributed by atoms with E-state index in [1.54, 1.807) is 0 Å². The molecule has 0 radical (unpaired) electrons. The molecule has 0 N–H and O–H groups in total. The number of ketones is 1. The highest BCUT2D eigenvalue weighted by Crippen LogP contribution is 2.25. The van der Waals surface area contributed by atoms with E-state index in [1.807, 2.05) is 6.92 Å². The summed E-state index contributed by atoms with van der Waals surface area (Å²) >= 11 is 0. The van der Waals surface area contributed by atoms with Gasteiger partial charge < -0.3 is 0 Å². The molecule has 1 heteroatoms. The van der Waals surface area contributed by atoms with Crippen molar-refractivity contribution in [1.82, 2.24) is 0 Å². The van der Waals surface area contributed by atoms with Crippen molar-refractivity contribution < 1.29 is 4.79 Å². The fourth-order valence-corrected chi connectivity index (χ4v) is 2.35. The second-order valence-electron chi connectivity index (χ2n) is 5.06. The molecule has 94 valence electrons. The van der Waals surface area contributed by atoms with Crippen LogP contribution >= 0.6 is 0 Å². The maximum atomic E-state index is 11.4. The second kappa shape index (κ2) is 5.81. The Morgan fingerprint density at radius 2 is 2.00 bits per heavy atom. The number of benzene rings is 1. The van der Waals surface area contributed by atoms with Crippen molar-refractivity contribution in [3.05, 3.63) is 58.7 Å². The summed E-state index contributed by atoms with van der Waals surface area (Å²) in [5.74, 6) is 0.339. The summed E-state index contributed by atoms with van der Waals surface area (Å²) in [6.07, 6.45) is 7.55. The summed E-state index contributed by atoms with van der Waals surface area (Å²) in [6.45, 7) is 4.05. The third-order valence-electron chi connectivity index (χ3n) is 3.34. The van der Waals surface area contributed by atoms with Gasteiger partial charge in [0.05, 0.1) is 0 Å². The minimum Gasteiger partial charge on any atom is -0.299 e. The molecule has 0 fully saturated rings. The van der Waals surface area contributed by atoms with E-state index in [1.165, 1.54) is 22.3 Å². The monoisotopic (exact) mass is 240 g/mol. The topological polar surface area (TPSA) is 17.1 Å². The van der Waals surface area contributed by atoms with Gasteiger partial charge in [0.2, 0.25) is 0 Å². The van der Waals surface area contributed by atoms with E-state index in [9.17, 15) is 4.79 Å². The molecule has 0 aliphatic heterocycles. The van der Waals surface area contributed by atoms with Crippen molar-refractivity contribution in [1.29, 1.82) is 0 Å². The summed E-state index contributed by atoms with van der Waals surface area (Å²) in [7, 11) is 0. The molecule has 0 saturated heterocycles. The van der Waals surface area contributed by atoms with Crippen LogP contribution in [-0.4, -0.2) is 5.78 Å². The lowest BCUT2D eigenvalue weighted by Gasteiger charge is -2.06. The van der Waals surface area contributed by atoms with Crippen molar-refractivity contribution >= 4 is 5.78 Å². The van der Waals surface area contributed by atoms with Crippen LogP contribution in [0.25, 0.3) is 0 Å². The van der Waals surface area contributed by atoms with Gasteiger partial charge in [-0.05, 0) is 25.3 Å². The molecule has 2 rings (SSSR count). The molecule has 0 heterocycles. The van der Waals surface area contributed by atoms with Crippen LogP contribution in [-0.2, 0) is 11.2 Å². The highest BCUT2D eigenvalue weighted by molar-refractivity contribution is 5.80. The molecule has 1 aliphatic carbocycles. The zero-order chi connectivity index (χ0) is 13.0. The van der Waals surface area contributed by atoms with Crippen LogP contribution in [0.1, 0.15) is 37.3 Å².